The van der Waals surface area contributed by atoms with Gasteiger partial charge in [0.05, 0.1) is 5.56 Å². The third kappa shape index (κ3) is 4.62. The van der Waals surface area contributed by atoms with Crippen molar-refractivity contribution < 1.29 is 17.6 Å². The van der Waals surface area contributed by atoms with Gasteiger partial charge in [0.1, 0.15) is 5.82 Å². The van der Waals surface area contributed by atoms with Crippen molar-refractivity contribution in [2.24, 2.45) is 5.73 Å². The highest BCUT2D eigenvalue weighted by molar-refractivity contribution is 5.26. The van der Waals surface area contributed by atoms with Crippen LogP contribution in [0.1, 0.15) is 17.5 Å². The Hall–Kier alpha value is -1.14. The van der Waals surface area contributed by atoms with E-state index < -0.39 is 17.6 Å². The summed E-state index contributed by atoms with van der Waals surface area (Å²) in [5, 5.41) is 0. The summed E-state index contributed by atoms with van der Waals surface area (Å²) in [6.07, 6.45) is -3.77. The van der Waals surface area contributed by atoms with Crippen molar-refractivity contribution in [3.05, 3.63) is 35.1 Å². The quantitative estimate of drug-likeness (QED) is 0.828. The molecule has 1 rings (SSSR count). The molecule has 0 aliphatic rings. The summed E-state index contributed by atoms with van der Waals surface area (Å²) in [5.41, 5.74) is 4.69. The van der Waals surface area contributed by atoms with Crippen molar-refractivity contribution in [2.75, 3.05) is 20.1 Å². The van der Waals surface area contributed by atoms with Crippen LogP contribution in [0.25, 0.3) is 0 Å². The Labute approximate surface area is 103 Å². The fourth-order valence-electron chi connectivity index (χ4n) is 1.66. The van der Waals surface area contributed by atoms with Gasteiger partial charge in [0.15, 0.2) is 0 Å². The van der Waals surface area contributed by atoms with Gasteiger partial charge in [0.25, 0.3) is 0 Å². The highest BCUT2D eigenvalue weighted by Gasteiger charge is 2.31. The van der Waals surface area contributed by atoms with E-state index in [-0.39, 0.29) is 6.54 Å². The molecule has 0 saturated heterocycles. The highest BCUT2D eigenvalue weighted by atomic mass is 19.4. The van der Waals surface area contributed by atoms with E-state index in [0.717, 1.165) is 18.6 Å². The lowest BCUT2D eigenvalue weighted by Gasteiger charge is -2.17. The highest BCUT2D eigenvalue weighted by Crippen LogP contribution is 2.30. The van der Waals surface area contributed by atoms with E-state index >= 15 is 0 Å². The van der Waals surface area contributed by atoms with Crippen molar-refractivity contribution in [3.63, 3.8) is 0 Å². The molecule has 0 saturated carbocycles. The fraction of sp³-hybridized carbons (Fsp3) is 0.500. The topological polar surface area (TPSA) is 29.3 Å². The molecule has 2 nitrogen and oxygen atoms in total. The zero-order chi connectivity index (χ0) is 13.8. The predicted molar refractivity (Wildman–Crippen MR) is 61.4 cm³/mol. The molecule has 6 heteroatoms. The number of halogens is 4. The molecule has 0 fully saturated rings. The molecule has 0 aromatic heterocycles. The second-order valence-electron chi connectivity index (χ2n) is 4.23. The summed E-state index contributed by atoms with van der Waals surface area (Å²) in [4.78, 5) is 1.81. The van der Waals surface area contributed by atoms with Crippen LogP contribution in [0.4, 0.5) is 17.6 Å². The molecule has 0 heterocycles. The van der Waals surface area contributed by atoms with Gasteiger partial charge in [-0.3, -0.25) is 0 Å². The molecule has 1 aromatic rings. The molecular formula is C12H16F4N2. The van der Waals surface area contributed by atoms with Crippen LogP contribution in [-0.4, -0.2) is 25.0 Å². The molecule has 0 unspecified atom stereocenters. The van der Waals surface area contributed by atoms with Gasteiger partial charge in [-0.15, -0.1) is 0 Å². The zero-order valence-electron chi connectivity index (χ0n) is 10.1. The average molecular weight is 264 g/mol. The molecule has 1 aromatic carbocycles. The second-order valence-corrected chi connectivity index (χ2v) is 4.23. The lowest BCUT2D eigenvalue weighted by Crippen LogP contribution is -2.21. The molecule has 18 heavy (non-hydrogen) atoms. The largest absolute Gasteiger partial charge is 0.416 e. The van der Waals surface area contributed by atoms with Crippen molar-refractivity contribution in [1.82, 2.24) is 4.90 Å². The molecular weight excluding hydrogens is 248 g/mol. The molecule has 0 radical (unpaired) electrons. The van der Waals surface area contributed by atoms with E-state index in [1.807, 2.05) is 4.90 Å². The maximum absolute atomic E-state index is 13.1. The minimum atomic E-state index is -4.52. The smallest absolute Gasteiger partial charge is 0.330 e. The summed E-state index contributed by atoms with van der Waals surface area (Å²) < 4.78 is 50.6. The molecule has 0 bridgehead atoms. The van der Waals surface area contributed by atoms with Gasteiger partial charge >= 0.3 is 6.18 Å². The van der Waals surface area contributed by atoms with Gasteiger partial charge in [0, 0.05) is 6.54 Å². The predicted octanol–water partition coefficient (Wildman–Crippen LogP) is 2.63. The molecule has 0 aliphatic heterocycles. The van der Waals surface area contributed by atoms with Crippen LogP contribution in [0.2, 0.25) is 0 Å². The number of benzene rings is 1. The summed E-state index contributed by atoms with van der Waals surface area (Å²) in [5.74, 6) is -0.868. The summed E-state index contributed by atoms with van der Waals surface area (Å²) >= 11 is 0. The van der Waals surface area contributed by atoms with E-state index in [1.54, 1.807) is 7.05 Å². The van der Waals surface area contributed by atoms with E-state index in [0.29, 0.717) is 24.7 Å². The van der Waals surface area contributed by atoms with Crippen LogP contribution in [0.3, 0.4) is 0 Å². The van der Waals surface area contributed by atoms with Crippen LogP contribution in [0.15, 0.2) is 18.2 Å². The molecule has 2 N–H and O–H groups in total. The van der Waals surface area contributed by atoms with Crippen LogP contribution in [0.5, 0.6) is 0 Å². The minimum Gasteiger partial charge on any atom is -0.330 e. The summed E-state index contributed by atoms with van der Waals surface area (Å²) in [6, 6.07) is 2.60. The Morgan fingerprint density at radius 1 is 1.22 bits per heavy atom. The minimum absolute atomic E-state index is 0.265. The summed E-state index contributed by atoms with van der Waals surface area (Å²) in [6.45, 7) is 1.44. The standard InChI is InChI=1S/C12H16F4N2/c1-18(4-2-3-17)8-9-5-10(12(14,15)16)7-11(13)6-9/h5-7H,2-4,8,17H2,1H3. The third-order valence-corrected chi connectivity index (χ3v) is 2.48. The second kappa shape index (κ2) is 6.15. The number of nitrogens with zero attached hydrogens (tertiary/aromatic N) is 1. The third-order valence-electron chi connectivity index (χ3n) is 2.48. The van der Waals surface area contributed by atoms with Gasteiger partial charge < -0.3 is 10.6 Å². The molecule has 0 spiro atoms. The summed E-state index contributed by atoms with van der Waals surface area (Å²) in [7, 11) is 1.76. The van der Waals surface area contributed by atoms with Gasteiger partial charge in [-0.25, -0.2) is 4.39 Å². The van der Waals surface area contributed by atoms with Gasteiger partial charge in [-0.2, -0.15) is 13.2 Å². The van der Waals surface area contributed by atoms with Crippen LogP contribution >= 0.6 is 0 Å². The monoisotopic (exact) mass is 264 g/mol. The van der Waals surface area contributed by atoms with Crippen molar-refractivity contribution in [1.29, 1.82) is 0 Å². The molecule has 0 atom stereocenters. The number of rotatable bonds is 5. The van der Waals surface area contributed by atoms with Crippen LogP contribution in [-0.2, 0) is 12.7 Å². The molecule has 0 amide bonds. The zero-order valence-corrected chi connectivity index (χ0v) is 10.1. The van der Waals surface area contributed by atoms with E-state index in [2.05, 4.69) is 0 Å². The number of hydrogen-bond acceptors (Lipinski definition) is 2. The molecule has 102 valence electrons. The van der Waals surface area contributed by atoms with Crippen molar-refractivity contribution >= 4 is 0 Å². The van der Waals surface area contributed by atoms with Crippen LogP contribution in [0, 0.1) is 5.82 Å². The number of hydrogen-bond donors (Lipinski definition) is 1. The van der Waals surface area contributed by atoms with E-state index in [4.69, 9.17) is 5.73 Å². The lowest BCUT2D eigenvalue weighted by molar-refractivity contribution is -0.137. The first-order valence-corrected chi connectivity index (χ1v) is 5.58. The fourth-order valence-corrected chi connectivity index (χ4v) is 1.66. The van der Waals surface area contributed by atoms with Crippen molar-refractivity contribution in [2.45, 2.75) is 19.1 Å². The first-order valence-electron chi connectivity index (χ1n) is 5.58. The number of alkyl halides is 3. The van der Waals surface area contributed by atoms with E-state index in [9.17, 15) is 17.6 Å². The first-order chi connectivity index (χ1) is 8.32. The Bertz CT molecular complexity index is 390. The van der Waals surface area contributed by atoms with Crippen molar-refractivity contribution in [3.8, 4) is 0 Å². The maximum Gasteiger partial charge on any atom is 0.416 e. The average Bonchev–Trinajstić information content (AvgIpc) is 2.24. The Kier molecular flexibility index (Phi) is 5.10. The lowest BCUT2D eigenvalue weighted by atomic mass is 10.1. The van der Waals surface area contributed by atoms with Gasteiger partial charge in [-0.1, -0.05) is 0 Å². The SMILES string of the molecule is CN(CCCN)Cc1cc(F)cc(C(F)(F)F)c1. The Morgan fingerprint density at radius 3 is 2.44 bits per heavy atom. The van der Waals surface area contributed by atoms with Gasteiger partial charge in [-0.05, 0) is 50.3 Å². The van der Waals surface area contributed by atoms with Gasteiger partial charge in [0.2, 0.25) is 0 Å². The normalized spacial score (nSPS) is 12.2. The maximum atomic E-state index is 13.1. The number of nitrogens with two attached hydrogens (primary N) is 1. The van der Waals surface area contributed by atoms with E-state index in [1.165, 1.54) is 0 Å². The Morgan fingerprint density at radius 2 is 1.89 bits per heavy atom. The van der Waals surface area contributed by atoms with Crippen LogP contribution < -0.4 is 5.73 Å². The molecule has 0 aliphatic carbocycles. The first kappa shape index (κ1) is 14.9. The Balaban J connectivity index is 2.80.